The van der Waals surface area contributed by atoms with Gasteiger partial charge in [0.2, 0.25) is 11.8 Å². The molecule has 2 aromatic rings. The molecule has 1 aromatic carbocycles. The summed E-state index contributed by atoms with van der Waals surface area (Å²) in [5.41, 5.74) is 4.70. The smallest absolute Gasteiger partial charge is 0.319 e. The lowest BCUT2D eigenvalue weighted by molar-refractivity contribution is -0.123. The van der Waals surface area contributed by atoms with Crippen LogP contribution < -0.4 is 26.4 Å². The molecule has 0 saturated heterocycles. The van der Waals surface area contributed by atoms with Crippen LogP contribution in [0.5, 0.6) is 5.88 Å². The third-order valence-corrected chi connectivity index (χ3v) is 5.90. The number of benzene rings is 1. The van der Waals surface area contributed by atoms with Crippen molar-refractivity contribution in [2.75, 3.05) is 18.4 Å². The van der Waals surface area contributed by atoms with Crippen LogP contribution in [0.1, 0.15) is 42.1 Å². The molecule has 0 spiro atoms. The van der Waals surface area contributed by atoms with Crippen LogP contribution in [0.25, 0.3) is 0 Å². The van der Waals surface area contributed by atoms with Gasteiger partial charge in [0, 0.05) is 17.6 Å². The minimum absolute atomic E-state index is 0.0110. The summed E-state index contributed by atoms with van der Waals surface area (Å²) in [5, 5.41) is 27.2. The lowest BCUT2D eigenvalue weighted by Crippen LogP contribution is -2.33. The van der Waals surface area contributed by atoms with E-state index in [1.807, 2.05) is 0 Å². The lowest BCUT2D eigenvalue weighted by atomic mass is 10.1. The molecule has 1 aromatic heterocycles. The summed E-state index contributed by atoms with van der Waals surface area (Å²) in [6, 6.07) is 1.36. The Morgan fingerprint density at radius 3 is 2.47 bits per heavy atom. The first-order valence-electron chi connectivity index (χ1n) is 10.7. The highest BCUT2D eigenvalue weighted by Gasteiger charge is 2.23. The molecule has 7 N–H and O–H groups in total. The molecule has 1 heterocycles. The number of carbonyl (C=O) groups is 3. The highest BCUT2D eigenvalue weighted by atomic mass is 79.9. The van der Waals surface area contributed by atoms with Gasteiger partial charge in [-0.15, -0.1) is 0 Å². The zero-order valence-corrected chi connectivity index (χ0v) is 21.5. The molecule has 2 unspecified atom stereocenters. The molecule has 0 radical (unpaired) electrons. The number of hydrogen-bond acceptors (Lipinski definition) is 8. The molecule has 0 aliphatic carbocycles. The average molecular weight is 594 g/mol. The van der Waals surface area contributed by atoms with Crippen LogP contribution in [0.4, 0.5) is 18.6 Å². The number of aromatic nitrogens is 1. The van der Waals surface area contributed by atoms with E-state index >= 15 is 0 Å². The zero-order chi connectivity index (χ0) is 26.8. The van der Waals surface area contributed by atoms with Gasteiger partial charge in [-0.3, -0.25) is 14.9 Å². The van der Waals surface area contributed by atoms with Crippen LogP contribution in [-0.4, -0.2) is 57.7 Å². The number of amides is 4. The first kappa shape index (κ1) is 29.4. The van der Waals surface area contributed by atoms with Crippen molar-refractivity contribution in [1.29, 1.82) is 0 Å². The number of hydrogen-bond donors (Lipinski definition) is 6. The Kier molecular flexibility index (Phi) is 11.4. The second-order valence-corrected chi connectivity index (χ2v) is 9.25. The molecule has 0 bridgehead atoms. The Morgan fingerprint density at radius 1 is 1.19 bits per heavy atom. The fraction of sp³-hybridized carbons (Fsp3) is 0.429. The number of nitrogens with one attached hydrogen (secondary N) is 3. The van der Waals surface area contributed by atoms with E-state index in [2.05, 4.69) is 36.3 Å². The van der Waals surface area contributed by atoms with E-state index in [4.69, 9.17) is 10.5 Å². The largest absolute Gasteiger partial charge is 0.471 e. The molecular formula is C21H26BrF2N5O6S. The third kappa shape index (κ3) is 8.96. The van der Waals surface area contributed by atoms with Crippen molar-refractivity contribution in [3.63, 3.8) is 0 Å². The fourth-order valence-corrected chi connectivity index (χ4v) is 4.16. The van der Waals surface area contributed by atoms with Crippen LogP contribution in [0.2, 0.25) is 0 Å². The van der Waals surface area contributed by atoms with Gasteiger partial charge in [-0.25, -0.2) is 13.6 Å². The van der Waals surface area contributed by atoms with E-state index < -0.39 is 42.4 Å². The quantitative estimate of drug-likeness (QED) is 0.206. The van der Waals surface area contributed by atoms with Crippen molar-refractivity contribution in [1.82, 2.24) is 15.0 Å². The average Bonchev–Trinajstić information content (AvgIpc) is 3.15. The summed E-state index contributed by atoms with van der Waals surface area (Å²) >= 11 is 3.64. The number of anilines is 1. The van der Waals surface area contributed by atoms with Crippen LogP contribution in [0.15, 0.2) is 16.6 Å². The minimum atomic E-state index is -1.03. The number of halogens is 3. The molecule has 15 heteroatoms. The lowest BCUT2D eigenvalue weighted by Gasteiger charge is -2.15. The maximum Gasteiger partial charge on any atom is 0.319 e. The van der Waals surface area contributed by atoms with Gasteiger partial charge in [0.05, 0.1) is 24.2 Å². The van der Waals surface area contributed by atoms with Gasteiger partial charge in [0.25, 0.3) is 5.91 Å². The van der Waals surface area contributed by atoms with E-state index in [9.17, 15) is 33.4 Å². The monoisotopic (exact) mass is 593 g/mol. The number of carbonyl (C=O) groups excluding carboxylic acids is 3. The van der Waals surface area contributed by atoms with Gasteiger partial charge in [0.1, 0.15) is 28.8 Å². The van der Waals surface area contributed by atoms with Crippen LogP contribution in [0.3, 0.4) is 0 Å². The highest BCUT2D eigenvalue weighted by Crippen LogP contribution is 2.31. The number of aliphatic hydroxyl groups is 2. The van der Waals surface area contributed by atoms with Crippen molar-refractivity contribution in [3.8, 4) is 5.88 Å². The number of rotatable bonds is 13. The summed E-state index contributed by atoms with van der Waals surface area (Å²) in [4.78, 5) is 35.5. The first-order chi connectivity index (χ1) is 17.0. The summed E-state index contributed by atoms with van der Waals surface area (Å²) < 4.78 is 37.4. The van der Waals surface area contributed by atoms with Gasteiger partial charge < -0.3 is 31.3 Å². The van der Waals surface area contributed by atoms with Gasteiger partial charge in [-0.1, -0.05) is 15.9 Å². The third-order valence-electron chi connectivity index (χ3n) is 4.70. The molecule has 198 valence electrons. The Labute approximate surface area is 217 Å². The maximum atomic E-state index is 14.0. The SMILES string of the molecule is CCNC(=O)CC(O)CC(O)CCNC(=O)Nc1snc(OCc2c(F)cc(Br)cc2F)c1C(N)=O. The molecule has 0 saturated carbocycles. The first-order valence-corrected chi connectivity index (χ1v) is 12.3. The Bertz CT molecular complexity index is 1070. The van der Waals surface area contributed by atoms with Gasteiger partial charge in [0.15, 0.2) is 0 Å². The van der Waals surface area contributed by atoms with Crippen LogP contribution in [0, 0.1) is 11.6 Å². The van der Waals surface area contributed by atoms with E-state index in [-0.39, 0.29) is 58.2 Å². The maximum absolute atomic E-state index is 14.0. The topological polar surface area (TPSA) is 176 Å². The van der Waals surface area contributed by atoms with E-state index in [0.29, 0.717) is 18.1 Å². The second-order valence-electron chi connectivity index (χ2n) is 7.56. The highest BCUT2D eigenvalue weighted by molar-refractivity contribution is 9.10. The Morgan fingerprint density at radius 2 is 1.86 bits per heavy atom. The van der Waals surface area contributed by atoms with Gasteiger partial charge in [-0.2, -0.15) is 4.37 Å². The number of aliphatic hydroxyl groups excluding tert-OH is 2. The van der Waals surface area contributed by atoms with E-state index in [1.54, 1.807) is 6.92 Å². The fourth-order valence-electron chi connectivity index (χ4n) is 3.03. The molecule has 4 amide bonds. The predicted octanol–water partition coefficient (Wildman–Crippen LogP) is 2.01. The molecular weight excluding hydrogens is 568 g/mol. The van der Waals surface area contributed by atoms with Crippen molar-refractivity contribution in [2.24, 2.45) is 5.73 Å². The van der Waals surface area contributed by atoms with Crippen molar-refractivity contribution in [3.05, 3.63) is 39.4 Å². The normalized spacial score (nSPS) is 12.5. The molecule has 11 nitrogen and oxygen atoms in total. The second kappa shape index (κ2) is 14.0. The molecule has 36 heavy (non-hydrogen) atoms. The van der Waals surface area contributed by atoms with Crippen molar-refractivity contribution >= 4 is 50.3 Å². The Balaban J connectivity index is 1.89. The summed E-state index contributed by atoms with van der Waals surface area (Å²) in [6.07, 6.45) is -2.12. The molecule has 0 aliphatic rings. The Hall–Kier alpha value is -2.88. The predicted molar refractivity (Wildman–Crippen MR) is 131 cm³/mol. The number of nitrogens with two attached hydrogens (primary N) is 1. The summed E-state index contributed by atoms with van der Waals surface area (Å²) in [7, 11) is 0. The number of nitrogens with zero attached hydrogens (tertiary/aromatic N) is 1. The van der Waals surface area contributed by atoms with Gasteiger partial charge in [-0.05, 0) is 43.4 Å². The standard InChI is InChI=1S/C21H26BrF2N5O6S/c1-2-26-16(32)8-12(31)7-11(30)3-4-27-21(34)28-20-17(18(25)33)19(29-36-20)35-9-13-14(23)5-10(22)6-15(13)24/h5-6,11-12,30-31H,2-4,7-9H2,1H3,(H2,25,33)(H,26,32)(H2,27,28,34). The molecule has 2 atom stereocenters. The van der Waals surface area contributed by atoms with Crippen LogP contribution >= 0.6 is 27.5 Å². The summed E-state index contributed by atoms with van der Waals surface area (Å²) in [5.74, 6) is -3.35. The number of primary amides is 1. The van der Waals surface area contributed by atoms with E-state index in [1.165, 1.54) is 0 Å². The number of ether oxygens (including phenoxy) is 1. The van der Waals surface area contributed by atoms with Crippen molar-refractivity contribution < 1.29 is 38.1 Å². The molecule has 0 fully saturated rings. The minimum Gasteiger partial charge on any atom is -0.471 e. The van der Waals surface area contributed by atoms with Crippen LogP contribution in [-0.2, 0) is 11.4 Å². The zero-order valence-electron chi connectivity index (χ0n) is 19.1. The van der Waals surface area contributed by atoms with E-state index in [0.717, 1.165) is 12.1 Å². The van der Waals surface area contributed by atoms with Gasteiger partial charge >= 0.3 is 6.03 Å². The summed E-state index contributed by atoms with van der Waals surface area (Å²) in [6.45, 7) is 1.61. The number of urea groups is 1. The molecule has 0 aliphatic heterocycles. The van der Waals surface area contributed by atoms with Crippen molar-refractivity contribution in [2.45, 2.75) is 45.0 Å². The molecule has 2 rings (SSSR count).